The van der Waals surface area contributed by atoms with Gasteiger partial charge in [0, 0.05) is 56.5 Å². The fourth-order valence-electron chi connectivity index (χ4n) is 5.41. The minimum Gasteiger partial charge on any atom is -0.495 e. The lowest BCUT2D eigenvalue weighted by Crippen LogP contribution is -2.37. The van der Waals surface area contributed by atoms with Crippen molar-refractivity contribution in [3.63, 3.8) is 0 Å². The van der Waals surface area contributed by atoms with Gasteiger partial charge in [-0.1, -0.05) is 0 Å². The second-order valence-corrected chi connectivity index (χ2v) is 10.2. The fourth-order valence-corrected chi connectivity index (χ4v) is 5.41. The lowest BCUT2D eigenvalue weighted by atomic mass is 9.93. The van der Waals surface area contributed by atoms with Gasteiger partial charge < -0.3 is 29.3 Å². The number of likely N-dealkylation sites (N-methyl/N-ethyl adjacent to an activating group) is 1. The summed E-state index contributed by atoms with van der Waals surface area (Å²) in [5.74, 6) is 2.96. The summed E-state index contributed by atoms with van der Waals surface area (Å²) in [6, 6.07) is 4.34. The van der Waals surface area contributed by atoms with Crippen LogP contribution in [0.2, 0.25) is 0 Å². The van der Waals surface area contributed by atoms with Crippen molar-refractivity contribution in [3.05, 3.63) is 35.8 Å². The molecule has 0 bridgehead atoms. The molecule has 10 heteroatoms. The topological polar surface area (TPSA) is 97.8 Å². The molecule has 0 atom stereocenters. The minimum atomic E-state index is 0.0971. The summed E-state index contributed by atoms with van der Waals surface area (Å²) in [5.41, 5.74) is 3.27. The zero-order chi connectivity index (χ0) is 25.2. The van der Waals surface area contributed by atoms with E-state index in [9.17, 15) is 0 Å². The van der Waals surface area contributed by atoms with Crippen LogP contribution in [0.4, 0.5) is 11.8 Å². The van der Waals surface area contributed by atoms with Gasteiger partial charge in [-0.3, -0.25) is 4.98 Å². The number of morpholine rings is 1. The van der Waals surface area contributed by atoms with E-state index in [1.54, 1.807) is 13.3 Å². The van der Waals surface area contributed by atoms with Gasteiger partial charge >= 0.3 is 0 Å². The van der Waals surface area contributed by atoms with Crippen LogP contribution in [0.3, 0.4) is 0 Å². The maximum atomic E-state index is 6.55. The van der Waals surface area contributed by atoms with E-state index in [2.05, 4.69) is 32.1 Å². The van der Waals surface area contributed by atoms with Crippen LogP contribution in [-0.2, 0) is 17.7 Å². The van der Waals surface area contributed by atoms with Crippen LogP contribution in [0.15, 0.2) is 24.5 Å². The largest absolute Gasteiger partial charge is 0.495 e. The van der Waals surface area contributed by atoms with Crippen molar-refractivity contribution in [2.75, 3.05) is 57.2 Å². The molecule has 2 fully saturated rings. The molecule has 5 heterocycles. The summed E-state index contributed by atoms with van der Waals surface area (Å²) in [6.45, 7) is 5.00. The van der Waals surface area contributed by atoms with E-state index >= 15 is 0 Å². The van der Waals surface area contributed by atoms with Gasteiger partial charge in [-0.25, -0.2) is 9.97 Å². The highest BCUT2D eigenvalue weighted by Gasteiger charge is 2.26. The van der Waals surface area contributed by atoms with Crippen molar-refractivity contribution in [1.82, 2.24) is 24.8 Å². The SMILES string of the molecule is COc1cnc2cc(N3CCOCC3)nc(OC3CCC(Nc4ncc5c(n4)CCN(C)C5)CC3)c2c1. The molecule has 10 nitrogen and oxygen atoms in total. The molecular formula is C27H35N7O3. The third kappa shape index (κ3) is 5.40. The van der Waals surface area contributed by atoms with Crippen LogP contribution in [0.5, 0.6) is 11.6 Å². The molecular weight excluding hydrogens is 470 g/mol. The summed E-state index contributed by atoms with van der Waals surface area (Å²) >= 11 is 0. The van der Waals surface area contributed by atoms with E-state index in [1.165, 1.54) is 11.3 Å². The average molecular weight is 506 g/mol. The highest BCUT2D eigenvalue weighted by molar-refractivity contribution is 5.87. The molecule has 1 saturated carbocycles. The first-order chi connectivity index (χ1) is 18.1. The second kappa shape index (κ2) is 10.6. The predicted molar refractivity (Wildman–Crippen MR) is 141 cm³/mol. The monoisotopic (exact) mass is 505 g/mol. The fraction of sp³-hybridized carbons (Fsp3) is 0.556. The van der Waals surface area contributed by atoms with Crippen LogP contribution in [0.1, 0.15) is 36.9 Å². The van der Waals surface area contributed by atoms with Crippen LogP contribution >= 0.6 is 0 Å². The van der Waals surface area contributed by atoms with Crippen molar-refractivity contribution in [2.45, 2.75) is 50.8 Å². The lowest BCUT2D eigenvalue weighted by molar-refractivity contribution is 0.122. The van der Waals surface area contributed by atoms with Gasteiger partial charge in [0.1, 0.15) is 17.7 Å². The van der Waals surface area contributed by atoms with Gasteiger partial charge in [0.25, 0.3) is 0 Å². The van der Waals surface area contributed by atoms with Gasteiger partial charge in [-0.15, -0.1) is 0 Å². The van der Waals surface area contributed by atoms with Crippen molar-refractivity contribution in [1.29, 1.82) is 0 Å². The summed E-state index contributed by atoms with van der Waals surface area (Å²) in [6.07, 6.45) is 8.68. The Kier molecular flexibility index (Phi) is 6.93. The van der Waals surface area contributed by atoms with Gasteiger partial charge in [-0.2, -0.15) is 4.98 Å². The number of aromatic nitrogens is 4. The highest BCUT2D eigenvalue weighted by atomic mass is 16.5. The number of nitrogens with one attached hydrogen (secondary N) is 1. The molecule has 3 aromatic heterocycles. The van der Waals surface area contributed by atoms with Crippen LogP contribution in [0, 0.1) is 0 Å². The van der Waals surface area contributed by atoms with Gasteiger partial charge in [-0.05, 0) is 38.8 Å². The van der Waals surface area contributed by atoms with Gasteiger partial charge in [0.2, 0.25) is 11.8 Å². The maximum Gasteiger partial charge on any atom is 0.225 e. The molecule has 0 spiro atoms. The maximum absolute atomic E-state index is 6.55. The molecule has 1 N–H and O–H groups in total. The number of fused-ring (bicyclic) bond motifs is 2. The Labute approximate surface area is 217 Å². The Bertz CT molecular complexity index is 1240. The average Bonchev–Trinajstić information content (AvgIpc) is 2.94. The molecule has 0 amide bonds. The molecule has 0 radical (unpaired) electrons. The van der Waals surface area contributed by atoms with Crippen LogP contribution < -0.4 is 19.7 Å². The Morgan fingerprint density at radius 3 is 2.65 bits per heavy atom. The summed E-state index contributed by atoms with van der Waals surface area (Å²) in [7, 11) is 3.79. The highest BCUT2D eigenvalue weighted by Crippen LogP contribution is 2.33. The zero-order valence-corrected chi connectivity index (χ0v) is 21.7. The van der Waals surface area contributed by atoms with Crippen molar-refractivity contribution in [2.24, 2.45) is 0 Å². The first-order valence-electron chi connectivity index (χ1n) is 13.3. The van der Waals surface area contributed by atoms with Crippen molar-refractivity contribution < 1.29 is 14.2 Å². The summed E-state index contributed by atoms with van der Waals surface area (Å²) in [4.78, 5) is 23.5. The molecule has 1 saturated heterocycles. The Morgan fingerprint density at radius 2 is 1.84 bits per heavy atom. The molecule has 1 aliphatic carbocycles. The minimum absolute atomic E-state index is 0.0971. The number of anilines is 2. The number of methoxy groups -OCH3 is 1. The number of ether oxygens (including phenoxy) is 3. The van der Waals surface area contributed by atoms with Gasteiger partial charge in [0.15, 0.2) is 0 Å². The molecule has 3 aliphatic rings. The number of hydrogen-bond donors (Lipinski definition) is 1. The molecule has 2 aliphatic heterocycles. The predicted octanol–water partition coefficient (Wildman–Crippen LogP) is 3.06. The number of rotatable bonds is 6. The van der Waals surface area contributed by atoms with Crippen LogP contribution in [-0.4, -0.2) is 84.0 Å². The van der Waals surface area contributed by atoms with E-state index in [0.717, 1.165) is 81.0 Å². The Morgan fingerprint density at radius 1 is 1.00 bits per heavy atom. The molecule has 6 rings (SSSR count). The normalized spacial score (nSPS) is 22.5. The van der Waals surface area contributed by atoms with Gasteiger partial charge in [0.05, 0.1) is 43.1 Å². The van der Waals surface area contributed by atoms with E-state index < -0.39 is 0 Å². The number of pyridine rings is 2. The third-order valence-corrected chi connectivity index (χ3v) is 7.59. The zero-order valence-electron chi connectivity index (χ0n) is 21.7. The Hall–Kier alpha value is -3.24. The van der Waals surface area contributed by atoms with E-state index in [-0.39, 0.29) is 6.10 Å². The Balaban J connectivity index is 1.14. The third-order valence-electron chi connectivity index (χ3n) is 7.59. The van der Waals surface area contributed by atoms with E-state index in [4.69, 9.17) is 24.2 Å². The molecule has 0 unspecified atom stereocenters. The van der Waals surface area contributed by atoms with E-state index in [1.807, 2.05) is 18.3 Å². The first kappa shape index (κ1) is 24.1. The standard InChI is InChI=1S/C27H35N7O3/c1-33-8-7-23-18(17-33)15-29-27(31-23)30-19-3-5-20(6-4-19)37-26-22-13-21(35-2)16-28-24(22)14-25(32-26)34-9-11-36-12-10-34/h13-16,19-20H,3-12,17H2,1-2H3,(H,29,30,31). The van der Waals surface area contributed by atoms with Crippen LogP contribution in [0.25, 0.3) is 10.9 Å². The first-order valence-corrected chi connectivity index (χ1v) is 13.3. The van der Waals surface area contributed by atoms with Crippen molar-refractivity contribution in [3.8, 4) is 11.6 Å². The summed E-state index contributed by atoms with van der Waals surface area (Å²) < 4.78 is 17.5. The number of nitrogens with zero attached hydrogens (tertiary/aromatic N) is 6. The van der Waals surface area contributed by atoms with E-state index in [0.29, 0.717) is 30.9 Å². The number of hydrogen-bond acceptors (Lipinski definition) is 10. The summed E-state index contributed by atoms with van der Waals surface area (Å²) in [5, 5.41) is 4.45. The quantitative estimate of drug-likeness (QED) is 0.538. The molecule has 196 valence electrons. The second-order valence-electron chi connectivity index (χ2n) is 10.2. The lowest BCUT2D eigenvalue weighted by Gasteiger charge is -2.31. The molecule has 0 aromatic carbocycles. The van der Waals surface area contributed by atoms with Crippen molar-refractivity contribution >= 4 is 22.7 Å². The molecule has 37 heavy (non-hydrogen) atoms. The smallest absolute Gasteiger partial charge is 0.225 e. The molecule has 3 aromatic rings.